The summed E-state index contributed by atoms with van der Waals surface area (Å²) in [4.78, 5) is 28.8. The molecule has 11 heteroatoms. The van der Waals surface area contributed by atoms with Crippen molar-refractivity contribution in [2.75, 3.05) is 18.2 Å². The van der Waals surface area contributed by atoms with E-state index in [1.807, 2.05) is 53.3 Å². The number of ether oxygens (including phenoxy) is 2. The lowest BCUT2D eigenvalue weighted by molar-refractivity contribution is 0.168. The van der Waals surface area contributed by atoms with Gasteiger partial charge in [-0.05, 0) is 48.7 Å². The molecule has 4 aromatic rings. The Labute approximate surface area is 233 Å². The topological polar surface area (TPSA) is 129 Å². The number of nitrogens with zero attached hydrogens (tertiary/aromatic N) is 2. The van der Waals surface area contributed by atoms with E-state index in [1.54, 1.807) is 25.1 Å². The molecule has 210 valence electrons. The normalized spacial score (nSPS) is 11.3. The molecular formula is C29H32N4O6S. The second-order valence-corrected chi connectivity index (χ2v) is 11.0. The minimum Gasteiger partial charge on any atom is -0.450 e. The molecule has 0 radical (unpaired) electrons. The van der Waals surface area contributed by atoms with Gasteiger partial charge >= 0.3 is 12.2 Å². The van der Waals surface area contributed by atoms with Crippen molar-refractivity contribution in [1.82, 2.24) is 14.3 Å². The third kappa shape index (κ3) is 7.38. The van der Waals surface area contributed by atoms with Gasteiger partial charge in [-0.25, -0.2) is 27.7 Å². The fourth-order valence-electron chi connectivity index (χ4n) is 4.28. The van der Waals surface area contributed by atoms with Crippen molar-refractivity contribution in [1.29, 1.82) is 0 Å². The highest BCUT2D eigenvalue weighted by atomic mass is 32.2. The number of hydrogen-bond acceptors (Lipinski definition) is 7. The number of carbonyl (C=O) groups is 2. The van der Waals surface area contributed by atoms with Crippen LogP contribution in [0.4, 0.5) is 15.3 Å². The van der Waals surface area contributed by atoms with Crippen LogP contribution in [0.1, 0.15) is 38.1 Å². The molecule has 2 amide bonds. The lowest BCUT2D eigenvalue weighted by Crippen LogP contribution is -2.32. The summed E-state index contributed by atoms with van der Waals surface area (Å²) in [5.41, 5.74) is 4.84. The van der Waals surface area contributed by atoms with Crippen LogP contribution in [0, 0.1) is 0 Å². The second-order valence-electron chi connectivity index (χ2n) is 9.22. The lowest BCUT2D eigenvalue weighted by atomic mass is 10.0. The van der Waals surface area contributed by atoms with E-state index in [9.17, 15) is 18.0 Å². The molecule has 10 nitrogen and oxygen atoms in total. The summed E-state index contributed by atoms with van der Waals surface area (Å²) in [5.74, 6) is 1.20. The molecule has 0 spiro atoms. The highest BCUT2D eigenvalue weighted by Gasteiger charge is 2.16. The SMILES string of the molecule is CCCCc1nc2ccc(NC(=O)OCC)cc2n1Cc1ccc(-c2ccccc2OC(=O)NS(C)(=O)=O)cc1. The highest BCUT2D eigenvalue weighted by molar-refractivity contribution is 7.89. The van der Waals surface area contributed by atoms with Crippen LogP contribution < -0.4 is 14.8 Å². The average molecular weight is 565 g/mol. The molecule has 0 bridgehead atoms. The summed E-state index contributed by atoms with van der Waals surface area (Å²) < 4.78 is 37.0. The van der Waals surface area contributed by atoms with E-state index in [-0.39, 0.29) is 12.4 Å². The summed E-state index contributed by atoms with van der Waals surface area (Å²) in [5, 5.41) is 2.76. The van der Waals surface area contributed by atoms with E-state index in [2.05, 4.69) is 16.8 Å². The number of aromatic nitrogens is 2. The van der Waals surface area contributed by atoms with Gasteiger partial charge in [0, 0.05) is 24.2 Å². The maximum absolute atomic E-state index is 12.0. The van der Waals surface area contributed by atoms with E-state index in [1.165, 1.54) is 0 Å². The molecule has 3 aromatic carbocycles. The predicted molar refractivity (Wildman–Crippen MR) is 154 cm³/mol. The molecule has 0 aliphatic carbocycles. The van der Waals surface area contributed by atoms with Gasteiger partial charge in [0.2, 0.25) is 10.0 Å². The molecule has 0 unspecified atom stereocenters. The first-order valence-corrected chi connectivity index (χ1v) is 14.9. The minimum atomic E-state index is -3.75. The van der Waals surface area contributed by atoms with Crippen LogP contribution in [0.5, 0.6) is 5.75 Å². The van der Waals surface area contributed by atoms with Crippen LogP contribution in [0.25, 0.3) is 22.2 Å². The van der Waals surface area contributed by atoms with E-state index in [0.29, 0.717) is 17.8 Å². The number of fused-ring (bicyclic) bond motifs is 1. The van der Waals surface area contributed by atoms with Gasteiger partial charge in [-0.15, -0.1) is 0 Å². The van der Waals surface area contributed by atoms with Crippen LogP contribution >= 0.6 is 0 Å². The van der Waals surface area contributed by atoms with E-state index in [4.69, 9.17) is 14.5 Å². The lowest BCUT2D eigenvalue weighted by Gasteiger charge is -2.13. The molecule has 1 heterocycles. The quantitative estimate of drug-likeness (QED) is 0.252. The van der Waals surface area contributed by atoms with Gasteiger partial charge in [0.25, 0.3) is 0 Å². The Balaban J connectivity index is 1.61. The molecular weight excluding hydrogens is 532 g/mol. The third-order valence-electron chi connectivity index (χ3n) is 6.07. The monoisotopic (exact) mass is 564 g/mol. The van der Waals surface area contributed by atoms with Gasteiger partial charge < -0.3 is 14.0 Å². The largest absolute Gasteiger partial charge is 0.450 e. The van der Waals surface area contributed by atoms with Crippen LogP contribution in [0.3, 0.4) is 0 Å². The highest BCUT2D eigenvalue weighted by Crippen LogP contribution is 2.31. The molecule has 4 rings (SSSR count). The summed E-state index contributed by atoms with van der Waals surface area (Å²) in [7, 11) is -3.75. The van der Waals surface area contributed by atoms with Gasteiger partial charge in [-0.2, -0.15) is 0 Å². The zero-order chi connectivity index (χ0) is 28.7. The summed E-state index contributed by atoms with van der Waals surface area (Å²) in [6.45, 7) is 4.74. The average Bonchev–Trinajstić information content (AvgIpc) is 3.23. The van der Waals surface area contributed by atoms with Gasteiger partial charge in [-0.3, -0.25) is 5.32 Å². The number of nitrogens with one attached hydrogen (secondary N) is 2. The van der Waals surface area contributed by atoms with Gasteiger partial charge in [-0.1, -0.05) is 55.8 Å². The second kappa shape index (κ2) is 12.6. The molecule has 0 atom stereocenters. The number of rotatable bonds is 10. The van der Waals surface area contributed by atoms with Crippen LogP contribution in [-0.4, -0.2) is 43.0 Å². The zero-order valence-electron chi connectivity index (χ0n) is 22.6. The number of para-hydroxylation sites is 1. The zero-order valence-corrected chi connectivity index (χ0v) is 23.5. The summed E-state index contributed by atoms with van der Waals surface area (Å²) in [6.07, 6.45) is 2.16. The van der Waals surface area contributed by atoms with Crippen LogP contribution in [-0.2, 0) is 27.7 Å². The van der Waals surface area contributed by atoms with Crippen molar-refractivity contribution < 1.29 is 27.5 Å². The molecule has 0 fully saturated rings. The Morgan fingerprint density at radius 1 is 0.975 bits per heavy atom. The van der Waals surface area contributed by atoms with Crippen molar-refractivity contribution in [3.63, 3.8) is 0 Å². The Bertz CT molecular complexity index is 1610. The van der Waals surface area contributed by atoms with Gasteiger partial charge in [0.15, 0.2) is 0 Å². The fourth-order valence-corrected chi connectivity index (χ4v) is 4.62. The molecule has 40 heavy (non-hydrogen) atoms. The Morgan fingerprint density at radius 3 is 2.42 bits per heavy atom. The fraction of sp³-hybridized carbons (Fsp3) is 0.276. The standard InChI is InChI=1S/C29H32N4O6S/c1-4-6-11-27-31-24-17-16-22(30-28(34)38-5-2)18-25(24)33(27)19-20-12-14-21(15-13-20)23-9-7-8-10-26(23)39-29(35)32-40(3,36)37/h7-10,12-18H,4-6,11,19H2,1-3H3,(H,30,34)(H,32,35). The minimum absolute atomic E-state index is 0.237. The van der Waals surface area contributed by atoms with E-state index >= 15 is 0 Å². The number of anilines is 1. The number of unbranched alkanes of at least 4 members (excludes halogenated alkanes) is 1. The first-order valence-electron chi connectivity index (χ1n) is 13.0. The number of hydrogen-bond donors (Lipinski definition) is 2. The summed E-state index contributed by atoms with van der Waals surface area (Å²) >= 11 is 0. The van der Waals surface area contributed by atoms with Crippen molar-refractivity contribution in [3.8, 4) is 16.9 Å². The Morgan fingerprint density at radius 2 is 1.73 bits per heavy atom. The predicted octanol–water partition coefficient (Wildman–Crippen LogP) is 5.71. The molecule has 2 N–H and O–H groups in total. The van der Waals surface area contributed by atoms with E-state index < -0.39 is 22.2 Å². The number of benzene rings is 3. The number of aryl methyl sites for hydroxylation is 1. The first-order chi connectivity index (χ1) is 19.2. The summed E-state index contributed by atoms with van der Waals surface area (Å²) in [6, 6.07) is 20.3. The maximum Gasteiger partial charge on any atom is 0.426 e. The smallest absolute Gasteiger partial charge is 0.426 e. The van der Waals surface area contributed by atoms with Crippen molar-refractivity contribution in [2.45, 2.75) is 39.7 Å². The first kappa shape index (κ1) is 28.6. The van der Waals surface area contributed by atoms with E-state index in [0.717, 1.165) is 53.5 Å². The van der Waals surface area contributed by atoms with Crippen LogP contribution in [0.2, 0.25) is 0 Å². The van der Waals surface area contributed by atoms with Crippen LogP contribution in [0.15, 0.2) is 66.7 Å². The van der Waals surface area contributed by atoms with Crippen molar-refractivity contribution >= 4 is 38.9 Å². The van der Waals surface area contributed by atoms with Crippen molar-refractivity contribution in [3.05, 3.63) is 78.1 Å². The Hall–Kier alpha value is -4.38. The number of amides is 2. The number of carbonyl (C=O) groups excluding carboxylic acids is 2. The number of imidazole rings is 1. The van der Waals surface area contributed by atoms with Gasteiger partial charge in [0.1, 0.15) is 11.6 Å². The molecule has 0 saturated heterocycles. The maximum atomic E-state index is 12.0. The molecule has 0 saturated carbocycles. The molecule has 0 aliphatic rings. The number of sulfonamides is 1. The van der Waals surface area contributed by atoms with Crippen molar-refractivity contribution in [2.24, 2.45) is 0 Å². The molecule has 0 aliphatic heterocycles. The van der Waals surface area contributed by atoms with Gasteiger partial charge in [0.05, 0.1) is 23.9 Å². The third-order valence-corrected chi connectivity index (χ3v) is 6.60. The Kier molecular flexibility index (Phi) is 9.05. The molecule has 1 aromatic heterocycles.